The van der Waals surface area contributed by atoms with Crippen LogP contribution in [0.5, 0.6) is 5.75 Å². The Morgan fingerprint density at radius 1 is 1.33 bits per heavy atom. The Morgan fingerprint density at radius 3 is 2.58 bits per heavy atom. The minimum Gasteiger partial charge on any atom is -0.435 e. The fraction of sp³-hybridized carbons (Fsp3) is 0.588. The van der Waals surface area contributed by atoms with Gasteiger partial charge in [-0.15, -0.1) is 0 Å². The summed E-state index contributed by atoms with van der Waals surface area (Å²) in [6.45, 7) is 0.502. The zero-order valence-electron chi connectivity index (χ0n) is 14.3. The van der Waals surface area contributed by atoms with Gasteiger partial charge in [-0.1, -0.05) is 12.1 Å². The normalized spacial score (nSPS) is 19.5. The predicted octanol–water partition coefficient (Wildman–Crippen LogP) is 3.08. The second-order valence-electron chi connectivity index (χ2n) is 6.32. The summed E-state index contributed by atoms with van der Waals surface area (Å²) in [5.74, 6) is 0.108. The highest BCUT2D eigenvalue weighted by Crippen LogP contribution is 2.20. The van der Waals surface area contributed by atoms with E-state index in [4.69, 9.17) is 0 Å². The van der Waals surface area contributed by atoms with Crippen molar-refractivity contribution >= 4 is 6.03 Å². The van der Waals surface area contributed by atoms with Crippen molar-refractivity contribution in [2.24, 2.45) is 0 Å². The Balaban J connectivity index is 1.91. The second kappa shape index (κ2) is 8.28. The van der Waals surface area contributed by atoms with Gasteiger partial charge >= 0.3 is 12.6 Å². The van der Waals surface area contributed by atoms with Gasteiger partial charge in [0.15, 0.2) is 0 Å². The van der Waals surface area contributed by atoms with E-state index >= 15 is 0 Å². The molecule has 1 aliphatic rings. The maximum absolute atomic E-state index is 12.4. The van der Waals surface area contributed by atoms with Crippen LogP contribution in [0.3, 0.4) is 0 Å². The Hall–Kier alpha value is -1.89. The lowest BCUT2D eigenvalue weighted by atomic mass is 10.1. The third kappa shape index (κ3) is 5.06. The maximum atomic E-state index is 12.4. The molecule has 1 aliphatic heterocycles. The van der Waals surface area contributed by atoms with Crippen molar-refractivity contribution in [2.45, 2.75) is 38.5 Å². The fourth-order valence-electron chi connectivity index (χ4n) is 2.86. The molecular weight excluding hydrogens is 316 g/mol. The van der Waals surface area contributed by atoms with Crippen LogP contribution < -0.4 is 10.1 Å². The number of likely N-dealkylation sites (N-methyl/N-ethyl adjacent to an activating group) is 1. The number of amides is 2. The molecule has 1 heterocycles. The van der Waals surface area contributed by atoms with Gasteiger partial charge in [0.1, 0.15) is 5.75 Å². The van der Waals surface area contributed by atoms with Crippen LogP contribution in [-0.4, -0.2) is 55.7 Å². The summed E-state index contributed by atoms with van der Waals surface area (Å²) < 4.78 is 28.6. The molecule has 1 fully saturated rings. The summed E-state index contributed by atoms with van der Waals surface area (Å²) in [6, 6.07) is 6.40. The van der Waals surface area contributed by atoms with E-state index in [2.05, 4.69) is 15.0 Å². The van der Waals surface area contributed by atoms with Gasteiger partial charge in [0.25, 0.3) is 0 Å². The van der Waals surface area contributed by atoms with Gasteiger partial charge < -0.3 is 19.9 Å². The minimum absolute atomic E-state index is 0.0954. The third-order valence-electron chi connectivity index (χ3n) is 4.36. The molecule has 24 heavy (non-hydrogen) atoms. The standard InChI is InChI=1S/C17H25F2N3O2/c1-12(13-6-8-15(9-7-13)24-16(18)19)20-17(23)22-10-4-5-14(11-22)21(2)3/h6-9,12,14,16H,4-5,10-11H2,1-3H3,(H,20,23)/t12-,14-/m1/s1. The van der Waals surface area contributed by atoms with E-state index in [0.717, 1.165) is 24.9 Å². The average molecular weight is 341 g/mol. The van der Waals surface area contributed by atoms with Crippen LogP contribution in [0.2, 0.25) is 0 Å². The van der Waals surface area contributed by atoms with Crippen LogP contribution in [0, 0.1) is 0 Å². The number of urea groups is 1. The Kier molecular flexibility index (Phi) is 6.36. The summed E-state index contributed by atoms with van der Waals surface area (Å²) >= 11 is 0. The summed E-state index contributed by atoms with van der Waals surface area (Å²) in [5.41, 5.74) is 0.839. The number of rotatable bonds is 5. The van der Waals surface area contributed by atoms with Crippen LogP contribution in [0.4, 0.5) is 13.6 Å². The largest absolute Gasteiger partial charge is 0.435 e. The molecule has 0 aromatic heterocycles. The van der Waals surface area contributed by atoms with Crippen molar-refractivity contribution in [2.75, 3.05) is 27.2 Å². The summed E-state index contributed by atoms with van der Waals surface area (Å²) in [4.78, 5) is 16.4. The average Bonchev–Trinajstić information content (AvgIpc) is 2.55. The van der Waals surface area contributed by atoms with Gasteiger partial charge in [-0.2, -0.15) is 8.78 Å². The van der Waals surface area contributed by atoms with Crippen LogP contribution in [0.25, 0.3) is 0 Å². The van der Waals surface area contributed by atoms with E-state index in [-0.39, 0.29) is 17.8 Å². The molecule has 0 radical (unpaired) electrons. The number of halogens is 2. The van der Waals surface area contributed by atoms with Crippen LogP contribution in [0.15, 0.2) is 24.3 Å². The van der Waals surface area contributed by atoms with Gasteiger partial charge in [-0.25, -0.2) is 4.79 Å². The number of hydrogen-bond donors (Lipinski definition) is 1. The van der Waals surface area contributed by atoms with E-state index in [1.54, 1.807) is 12.1 Å². The Morgan fingerprint density at radius 2 is 2.00 bits per heavy atom. The third-order valence-corrected chi connectivity index (χ3v) is 4.36. The molecule has 7 heteroatoms. The molecule has 2 rings (SSSR count). The van der Waals surface area contributed by atoms with Crippen LogP contribution >= 0.6 is 0 Å². The monoisotopic (exact) mass is 341 g/mol. The van der Waals surface area contributed by atoms with Gasteiger partial charge in [0.05, 0.1) is 6.04 Å². The number of hydrogen-bond acceptors (Lipinski definition) is 3. The van der Waals surface area contributed by atoms with Crippen molar-refractivity contribution in [1.29, 1.82) is 0 Å². The molecule has 2 amide bonds. The molecule has 0 aliphatic carbocycles. The lowest BCUT2D eigenvalue weighted by molar-refractivity contribution is -0.0498. The highest BCUT2D eigenvalue weighted by Gasteiger charge is 2.25. The molecule has 0 unspecified atom stereocenters. The molecule has 5 nitrogen and oxygen atoms in total. The molecule has 134 valence electrons. The molecular formula is C17H25F2N3O2. The van der Waals surface area contributed by atoms with Crippen molar-refractivity contribution < 1.29 is 18.3 Å². The lowest BCUT2D eigenvalue weighted by Gasteiger charge is -2.36. The number of carbonyl (C=O) groups is 1. The van der Waals surface area contributed by atoms with Crippen LogP contribution in [-0.2, 0) is 0 Å². The zero-order chi connectivity index (χ0) is 17.7. The number of benzene rings is 1. The van der Waals surface area contributed by atoms with E-state index < -0.39 is 6.61 Å². The predicted molar refractivity (Wildman–Crippen MR) is 88.3 cm³/mol. The van der Waals surface area contributed by atoms with Crippen molar-refractivity contribution in [3.63, 3.8) is 0 Å². The smallest absolute Gasteiger partial charge is 0.387 e. The number of piperidine rings is 1. The molecule has 1 aromatic rings. The first kappa shape index (κ1) is 18.4. The lowest BCUT2D eigenvalue weighted by Crippen LogP contribution is -2.51. The first-order valence-electron chi connectivity index (χ1n) is 8.13. The first-order chi connectivity index (χ1) is 11.4. The van der Waals surface area contributed by atoms with E-state index in [0.29, 0.717) is 12.6 Å². The highest BCUT2D eigenvalue weighted by atomic mass is 19.3. The van der Waals surface area contributed by atoms with Crippen LogP contribution in [0.1, 0.15) is 31.4 Å². The van der Waals surface area contributed by atoms with E-state index in [9.17, 15) is 13.6 Å². The molecule has 1 saturated heterocycles. The summed E-state index contributed by atoms with van der Waals surface area (Å²) in [6.07, 6.45) is 2.09. The first-order valence-corrected chi connectivity index (χ1v) is 8.13. The van der Waals surface area contributed by atoms with Gasteiger partial charge in [0, 0.05) is 19.1 Å². The SMILES string of the molecule is C[C@@H](NC(=O)N1CCC[C@@H](N(C)C)C1)c1ccc(OC(F)F)cc1. The van der Waals surface area contributed by atoms with Crippen molar-refractivity contribution in [3.05, 3.63) is 29.8 Å². The quantitative estimate of drug-likeness (QED) is 0.895. The minimum atomic E-state index is -2.84. The number of nitrogens with one attached hydrogen (secondary N) is 1. The Bertz CT molecular complexity index is 537. The summed E-state index contributed by atoms with van der Waals surface area (Å²) in [5, 5.41) is 2.97. The summed E-state index contributed by atoms with van der Waals surface area (Å²) in [7, 11) is 4.05. The van der Waals surface area contributed by atoms with Gasteiger partial charge in [-0.05, 0) is 51.6 Å². The number of alkyl halides is 2. The number of nitrogens with zero attached hydrogens (tertiary/aromatic N) is 2. The molecule has 0 spiro atoms. The fourth-order valence-corrected chi connectivity index (χ4v) is 2.86. The molecule has 0 saturated carbocycles. The van der Waals surface area contributed by atoms with E-state index in [1.807, 2.05) is 25.9 Å². The topological polar surface area (TPSA) is 44.8 Å². The number of likely N-dealkylation sites (tertiary alicyclic amines) is 1. The molecule has 2 atom stereocenters. The highest BCUT2D eigenvalue weighted by molar-refractivity contribution is 5.74. The number of ether oxygens (including phenoxy) is 1. The maximum Gasteiger partial charge on any atom is 0.387 e. The molecule has 0 bridgehead atoms. The van der Waals surface area contributed by atoms with Crippen molar-refractivity contribution in [1.82, 2.24) is 15.1 Å². The molecule has 1 N–H and O–H groups in total. The zero-order valence-corrected chi connectivity index (χ0v) is 14.3. The second-order valence-corrected chi connectivity index (χ2v) is 6.32. The molecule has 1 aromatic carbocycles. The van der Waals surface area contributed by atoms with Gasteiger partial charge in [0.2, 0.25) is 0 Å². The van der Waals surface area contributed by atoms with Gasteiger partial charge in [-0.3, -0.25) is 0 Å². The van der Waals surface area contributed by atoms with E-state index in [1.165, 1.54) is 12.1 Å². The van der Waals surface area contributed by atoms with Crippen molar-refractivity contribution in [3.8, 4) is 5.75 Å². The Labute approximate surface area is 141 Å². The number of carbonyl (C=O) groups excluding carboxylic acids is 1.